The van der Waals surface area contributed by atoms with Crippen molar-refractivity contribution in [2.45, 2.75) is 19.3 Å². The third-order valence-corrected chi connectivity index (χ3v) is 2.69. The largest absolute Gasteiger partial charge is 0.342 e. The van der Waals surface area contributed by atoms with Crippen LogP contribution >= 0.6 is 0 Å². The Hall–Kier alpha value is -1.83. The second-order valence-corrected chi connectivity index (χ2v) is 3.71. The number of nitrogens with zero attached hydrogens (tertiary/aromatic N) is 1. The summed E-state index contributed by atoms with van der Waals surface area (Å²) in [7, 11) is 0. The summed E-state index contributed by atoms with van der Waals surface area (Å²) in [5, 5.41) is 0. The number of fused-ring (bicyclic) bond motifs is 1. The fourth-order valence-corrected chi connectivity index (χ4v) is 1.87. The van der Waals surface area contributed by atoms with E-state index in [2.05, 4.69) is 0 Å². The summed E-state index contributed by atoms with van der Waals surface area (Å²) in [6.07, 6.45) is -2.03. The lowest BCUT2D eigenvalue weighted by Crippen LogP contribution is -2.08. The number of ketones is 1. The number of benzene rings is 1. The molecular weight excluding hydrogens is 198 g/mol. The van der Waals surface area contributed by atoms with E-state index in [0.29, 0.717) is 11.3 Å². The first kappa shape index (κ1) is 6.04. The predicted molar refractivity (Wildman–Crippen MR) is 62.6 cm³/mol. The van der Waals surface area contributed by atoms with E-state index in [9.17, 15) is 4.79 Å². The summed E-state index contributed by atoms with van der Waals surface area (Å²) < 4.78 is 32.8. The molecule has 0 aliphatic carbocycles. The van der Waals surface area contributed by atoms with E-state index in [1.165, 1.54) is 4.57 Å². The normalized spacial score (nSPS) is 23.8. The van der Waals surface area contributed by atoms with Gasteiger partial charge in [0.05, 0.1) is 5.69 Å². The van der Waals surface area contributed by atoms with Crippen molar-refractivity contribution < 1.29 is 10.3 Å². The fourth-order valence-electron chi connectivity index (χ4n) is 1.87. The van der Waals surface area contributed by atoms with Crippen molar-refractivity contribution in [3.63, 3.8) is 0 Å². The van der Waals surface area contributed by atoms with Crippen molar-refractivity contribution in [1.29, 1.82) is 0 Å². The van der Waals surface area contributed by atoms with Crippen LogP contribution in [0.1, 0.15) is 33.6 Å². The molecule has 0 radical (unpaired) electrons. The number of rotatable bonds is 2. The van der Waals surface area contributed by atoms with Crippen LogP contribution in [-0.4, -0.2) is 10.4 Å². The Morgan fingerprint density at radius 1 is 1.19 bits per heavy atom. The van der Waals surface area contributed by atoms with Gasteiger partial charge in [0.25, 0.3) is 0 Å². The highest BCUT2D eigenvalue weighted by Crippen LogP contribution is 2.21. The molecule has 0 fully saturated rings. The van der Waals surface area contributed by atoms with E-state index in [1.807, 2.05) is 0 Å². The van der Waals surface area contributed by atoms with Gasteiger partial charge in [0.2, 0.25) is 5.78 Å². The number of hydrogen-bond donors (Lipinski definition) is 0. The number of aryl methyl sites for hydroxylation is 1. The second-order valence-electron chi connectivity index (χ2n) is 3.71. The molecule has 0 N–H and O–H groups in total. The highest BCUT2D eigenvalue weighted by molar-refractivity contribution is 6.08. The summed E-state index contributed by atoms with van der Waals surface area (Å²) in [5.74, 6) is -0.293. The maximum Gasteiger partial charge on any atom is 0.209 e. The van der Waals surface area contributed by atoms with Crippen LogP contribution in [0.2, 0.25) is 0 Å². The Morgan fingerprint density at radius 2 is 2.00 bits per heavy atom. The number of carbonyl (C=O) groups excluding carboxylic acids is 1. The molecule has 1 aliphatic rings. The molecule has 1 aromatic carbocycles. The van der Waals surface area contributed by atoms with Gasteiger partial charge < -0.3 is 4.57 Å². The van der Waals surface area contributed by atoms with E-state index in [4.69, 9.17) is 5.48 Å². The van der Waals surface area contributed by atoms with Crippen molar-refractivity contribution >= 4 is 5.78 Å². The topological polar surface area (TPSA) is 22.0 Å². The minimum atomic E-state index is -2.22. The molecule has 0 spiro atoms. The van der Waals surface area contributed by atoms with E-state index < -0.39 is 12.9 Å². The first-order valence-corrected chi connectivity index (χ1v) is 5.15. The first-order chi connectivity index (χ1) is 9.34. The summed E-state index contributed by atoms with van der Waals surface area (Å²) in [5.41, 5.74) is 1.17. The number of hydrogen-bond acceptors (Lipinski definition) is 1. The molecule has 0 saturated heterocycles. The van der Waals surface area contributed by atoms with Gasteiger partial charge in [-0.15, -0.1) is 0 Å². The Labute approximate surface area is 100 Å². The van der Waals surface area contributed by atoms with Crippen LogP contribution in [0.25, 0.3) is 0 Å². The van der Waals surface area contributed by atoms with Crippen LogP contribution in [0.15, 0.2) is 42.5 Å². The van der Waals surface area contributed by atoms with Crippen LogP contribution in [0.4, 0.5) is 0 Å². The van der Waals surface area contributed by atoms with Crippen molar-refractivity contribution in [1.82, 2.24) is 4.57 Å². The molecule has 2 aromatic rings. The van der Waals surface area contributed by atoms with Crippen molar-refractivity contribution in [2.24, 2.45) is 0 Å². The van der Waals surface area contributed by atoms with Gasteiger partial charge in [-0.2, -0.15) is 0 Å². The fraction of sp³-hybridized carbons (Fsp3) is 0.214. The quantitative estimate of drug-likeness (QED) is 0.706. The maximum absolute atomic E-state index is 12.5. The standard InChI is InChI=1S/C14H13NO/c16-14(11-5-2-1-3-6-11)13-9-8-12-7-4-10-15(12)13/h1-3,5-6,8-9H,4,7,10H2/i4D2,10D2. The van der Waals surface area contributed by atoms with Gasteiger partial charge in [-0.05, 0) is 24.9 Å². The molecule has 1 aliphatic heterocycles. The first-order valence-electron chi connectivity index (χ1n) is 7.15. The SMILES string of the molecule is [2H]C1([2H])Cc2ccc(C(=O)c3ccccc3)n2C1([2H])[2H]. The number of aromatic nitrogens is 1. The Morgan fingerprint density at radius 3 is 2.81 bits per heavy atom. The average molecular weight is 215 g/mol. The van der Waals surface area contributed by atoms with Crippen LogP contribution in [0.3, 0.4) is 0 Å². The van der Waals surface area contributed by atoms with Crippen molar-refractivity contribution in [3.8, 4) is 0 Å². The molecule has 0 bridgehead atoms. The van der Waals surface area contributed by atoms with Gasteiger partial charge in [0, 0.05) is 23.2 Å². The lowest BCUT2D eigenvalue weighted by atomic mass is 10.1. The van der Waals surface area contributed by atoms with Gasteiger partial charge in [-0.1, -0.05) is 30.3 Å². The molecule has 2 nitrogen and oxygen atoms in total. The van der Waals surface area contributed by atoms with E-state index in [0.717, 1.165) is 0 Å². The van der Waals surface area contributed by atoms with E-state index >= 15 is 0 Å². The smallest absolute Gasteiger partial charge is 0.209 e. The summed E-state index contributed by atoms with van der Waals surface area (Å²) in [4.78, 5) is 12.5. The molecule has 0 unspecified atom stereocenters. The van der Waals surface area contributed by atoms with Gasteiger partial charge >= 0.3 is 0 Å². The van der Waals surface area contributed by atoms with E-state index in [1.54, 1.807) is 42.5 Å². The highest BCUT2D eigenvalue weighted by atomic mass is 16.1. The molecule has 0 saturated carbocycles. The van der Waals surface area contributed by atoms with Crippen LogP contribution in [0.5, 0.6) is 0 Å². The van der Waals surface area contributed by atoms with E-state index in [-0.39, 0.29) is 17.9 Å². The second kappa shape index (κ2) is 3.63. The zero-order valence-electron chi connectivity index (χ0n) is 12.6. The van der Waals surface area contributed by atoms with Crippen molar-refractivity contribution in [3.05, 3.63) is 59.4 Å². The third-order valence-electron chi connectivity index (χ3n) is 2.69. The molecule has 80 valence electrons. The molecule has 0 amide bonds. The predicted octanol–water partition coefficient (Wildman–Crippen LogP) is 2.67. The zero-order valence-corrected chi connectivity index (χ0v) is 8.60. The Kier molecular flexibility index (Phi) is 1.37. The minimum Gasteiger partial charge on any atom is -0.342 e. The van der Waals surface area contributed by atoms with Crippen molar-refractivity contribution in [2.75, 3.05) is 0 Å². The average Bonchev–Trinajstić information content (AvgIpc) is 2.88. The lowest BCUT2D eigenvalue weighted by molar-refractivity contribution is 0.103. The molecule has 2 heterocycles. The van der Waals surface area contributed by atoms with Crippen LogP contribution in [0, 0.1) is 0 Å². The minimum absolute atomic E-state index is 0.0257. The molecule has 2 heteroatoms. The third kappa shape index (κ3) is 1.38. The molecule has 3 rings (SSSR count). The van der Waals surface area contributed by atoms with Crippen LogP contribution < -0.4 is 0 Å². The van der Waals surface area contributed by atoms with Gasteiger partial charge in [0.15, 0.2) is 0 Å². The van der Waals surface area contributed by atoms with Crippen LogP contribution in [-0.2, 0) is 12.9 Å². The molecular formula is C14H13NO. The highest BCUT2D eigenvalue weighted by Gasteiger charge is 2.19. The zero-order chi connectivity index (χ0) is 14.5. The number of carbonyl (C=O) groups is 1. The van der Waals surface area contributed by atoms with Gasteiger partial charge in [-0.3, -0.25) is 4.79 Å². The molecule has 1 aromatic heterocycles. The monoisotopic (exact) mass is 215 g/mol. The van der Waals surface area contributed by atoms with Gasteiger partial charge in [0.1, 0.15) is 0 Å². The lowest BCUT2D eigenvalue weighted by Gasteiger charge is -2.04. The summed E-state index contributed by atoms with van der Waals surface area (Å²) >= 11 is 0. The van der Waals surface area contributed by atoms with Gasteiger partial charge in [-0.25, -0.2) is 0 Å². The Bertz CT molecular complexity index is 676. The summed E-state index contributed by atoms with van der Waals surface area (Å²) in [6.45, 7) is -2.22. The molecule has 16 heavy (non-hydrogen) atoms. The Balaban J connectivity index is 2.11. The summed E-state index contributed by atoms with van der Waals surface area (Å²) in [6, 6.07) is 11.8. The molecule has 0 atom stereocenters. The maximum atomic E-state index is 12.5.